The van der Waals surface area contributed by atoms with Crippen molar-refractivity contribution in [2.75, 3.05) is 7.05 Å². The average Bonchev–Trinajstić information content (AvgIpc) is 2.36. The number of hydrogen-bond donors (Lipinski definition) is 1. The fourth-order valence-corrected chi connectivity index (χ4v) is 0.937. The number of nitrogens with zero attached hydrogens (tertiary/aromatic N) is 2. The largest absolute Gasteiger partial charge is 0.358 e. The highest BCUT2D eigenvalue weighted by atomic mass is 16.1. The van der Waals surface area contributed by atoms with Crippen molar-refractivity contribution in [2.45, 2.75) is 20.4 Å². The van der Waals surface area contributed by atoms with Gasteiger partial charge in [0.05, 0.1) is 12.0 Å². The van der Waals surface area contributed by atoms with Gasteiger partial charge in [-0.3, -0.25) is 4.79 Å². The van der Waals surface area contributed by atoms with Gasteiger partial charge in [0.2, 0.25) is 5.91 Å². The SMILES string of the molecule is CNC(=O)Cn1cnc(C)c1C. The Morgan fingerprint density at radius 1 is 1.67 bits per heavy atom. The maximum Gasteiger partial charge on any atom is 0.239 e. The Morgan fingerprint density at radius 2 is 2.33 bits per heavy atom. The molecule has 1 aromatic heterocycles. The van der Waals surface area contributed by atoms with Crippen molar-refractivity contribution in [1.29, 1.82) is 0 Å². The molecule has 12 heavy (non-hydrogen) atoms. The third kappa shape index (κ3) is 1.64. The van der Waals surface area contributed by atoms with Crippen molar-refractivity contribution < 1.29 is 4.79 Å². The van der Waals surface area contributed by atoms with Crippen LogP contribution in [0.2, 0.25) is 0 Å². The molecule has 4 nitrogen and oxygen atoms in total. The van der Waals surface area contributed by atoms with E-state index in [0.29, 0.717) is 6.54 Å². The fourth-order valence-electron chi connectivity index (χ4n) is 0.937. The lowest BCUT2D eigenvalue weighted by Gasteiger charge is -2.03. The van der Waals surface area contributed by atoms with Crippen molar-refractivity contribution in [2.24, 2.45) is 0 Å². The molecule has 1 N–H and O–H groups in total. The number of imidazole rings is 1. The number of likely N-dealkylation sites (N-methyl/N-ethyl adjacent to an activating group) is 1. The zero-order chi connectivity index (χ0) is 9.14. The van der Waals surface area contributed by atoms with Gasteiger partial charge in [-0.25, -0.2) is 4.98 Å². The molecule has 0 saturated heterocycles. The lowest BCUT2D eigenvalue weighted by molar-refractivity contribution is -0.121. The second-order valence-corrected chi connectivity index (χ2v) is 2.72. The van der Waals surface area contributed by atoms with E-state index in [0.717, 1.165) is 11.4 Å². The highest BCUT2D eigenvalue weighted by Gasteiger charge is 2.04. The predicted octanol–water partition coefficient (Wildman–Crippen LogP) is 0.246. The van der Waals surface area contributed by atoms with Gasteiger partial charge in [0.25, 0.3) is 0 Å². The molecular weight excluding hydrogens is 154 g/mol. The van der Waals surface area contributed by atoms with E-state index >= 15 is 0 Å². The Morgan fingerprint density at radius 3 is 2.75 bits per heavy atom. The van der Waals surface area contributed by atoms with E-state index in [2.05, 4.69) is 10.3 Å². The summed E-state index contributed by atoms with van der Waals surface area (Å²) in [6.45, 7) is 4.23. The number of hydrogen-bond acceptors (Lipinski definition) is 2. The first kappa shape index (κ1) is 8.77. The van der Waals surface area contributed by atoms with E-state index < -0.39 is 0 Å². The molecule has 0 radical (unpaired) electrons. The van der Waals surface area contributed by atoms with E-state index in [4.69, 9.17) is 0 Å². The van der Waals surface area contributed by atoms with Gasteiger partial charge >= 0.3 is 0 Å². The first-order valence-electron chi connectivity index (χ1n) is 3.84. The van der Waals surface area contributed by atoms with E-state index in [1.807, 2.05) is 18.4 Å². The summed E-state index contributed by atoms with van der Waals surface area (Å²) in [5.74, 6) is -0.00417. The molecule has 0 aliphatic heterocycles. The molecule has 0 aromatic carbocycles. The van der Waals surface area contributed by atoms with Crippen LogP contribution in [0.3, 0.4) is 0 Å². The van der Waals surface area contributed by atoms with Gasteiger partial charge in [0.1, 0.15) is 6.54 Å². The topological polar surface area (TPSA) is 46.9 Å². The Balaban J connectivity index is 2.76. The molecule has 0 aliphatic carbocycles. The summed E-state index contributed by atoms with van der Waals surface area (Å²) in [6, 6.07) is 0. The zero-order valence-electron chi connectivity index (χ0n) is 7.59. The van der Waals surface area contributed by atoms with Gasteiger partial charge in [-0.05, 0) is 13.8 Å². The third-order valence-electron chi connectivity index (χ3n) is 1.94. The highest BCUT2D eigenvalue weighted by Crippen LogP contribution is 2.02. The van der Waals surface area contributed by atoms with E-state index in [1.54, 1.807) is 13.4 Å². The Bertz CT molecular complexity index is 290. The standard InChI is InChI=1S/C8H13N3O/c1-6-7(2)11(5-10-6)4-8(12)9-3/h5H,4H2,1-3H3,(H,9,12). The minimum absolute atomic E-state index is 0.00417. The van der Waals surface area contributed by atoms with Crippen molar-refractivity contribution in [1.82, 2.24) is 14.9 Å². The second-order valence-electron chi connectivity index (χ2n) is 2.72. The van der Waals surface area contributed by atoms with Gasteiger partial charge in [0, 0.05) is 12.7 Å². The Kier molecular flexibility index (Phi) is 2.47. The normalized spacial score (nSPS) is 9.92. The first-order chi connectivity index (χ1) is 5.65. The molecule has 0 unspecified atom stereocenters. The lowest BCUT2D eigenvalue weighted by Crippen LogP contribution is -2.23. The zero-order valence-corrected chi connectivity index (χ0v) is 7.59. The third-order valence-corrected chi connectivity index (χ3v) is 1.94. The molecular formula is C8H13N3O. The smallest absolute Gasteiger partial charge is 0.239 e. The van der Waals surface area contributed by atoms with Gasteiger partial charge in [-0.15, -0.1) is 0 Å². The Labute approximate surface area is 71.6 Å². The van der Waals surface area contributed by atoms with Crippen molar-refractivity contribution in [3.8, 4) is 0 Å². The predicted molar refractivity (Wildman–Crippen MR) is 45.8 cm³/mol. The van der Waals surface area contributed by atoms with Crippen LogP contribution in [-0.2, 0) is 11.3 Å². The minimum atomic E-state index is -0.00417. The first-order valence-corrected chi connectivity index (χ1v) is 3.84. The van der Waals surface area contributed by atoms with Gasteiger partial charge in [-0.2, -0.15) is 0 Å². The van der Waals surface area contributed by atoms with Crippen LogP contribution in [0.5, 0.6) is 0 Å². The monoisotopic (exact) mass is 167 g/mol. The molecule has 0 atom stereocenters. The highest BCUT2D eigenvalue weighted by molar-refractivity contribution is 5.75. The molecule has 66 valence electrons. The number of nitrogens with one attached hydrogen (secondary N) is 1. The van der Waals surface area contributed by atoms with E-state index in [-0.39, 0.29) is 5.91 Å². The van der Waals surface area contributed by atoms with Gasteiger partial charge < -0.3 is 9.88 Å². The number of aryl methyl sites for hydroxylation is 1. The summed E-state index contributed by atoms with van der Waals surface area (Å²) >= 11 is 0. The second kappa shape index (κ2) is 3.38. The van der Waals surface area contributed by atoms with Crippen molar-refractivity contribution in [3.05, 3.63) is 17.7 Å². The summed E-state index contributed by atoms with van der Waals surface area (Å²) in [4.78, 5) is 15.1. The molecule has 0 aliphatic rings. The summed E-state index contributed by atoms with van der Waals surface area (Å²) in [5.41, 5.74) is 2.01. The number of rotatable bonds is 2. The quantitative estimate of drug-likeness (QED) is 0.686. The molecule has 1 rings (SSSR count). The van der Waals surface area contributed by atoms with Crippen LogP contribution >= 0.6 is 0 Å². The maximum atomic E-state index is 11.0. The molecule has 1 heterocycles. The van der Waals surface area contributed by atoms with Gasteiger partial charge in [-0.1, -0.05) is 0 Å². The van der Waals surface area contributed by atoms with Crippen molar-refractivity contribution >= 4 is 5.91 Å². The number of amides is 1. The van der Waals surface area contributed by atoms with Gasteiger partial charge in [0.15, 0.2) is 0 Å². The summed E-state index contributed by atoms with van der Waals surface area (Å²) < 4.78 is 1.83. The molecule has 4 heteroatoms. The van der Waals surface area contributed by atoms with Crippen LogP contribution in [0.4, 0.5) is 0 Å². The lowest BCUT2D eigenvalue weighted by atomic mass is 10.4. The maximum absolute atomic E-state index is 11.0. The van der Waals surface area contributed by atoms with Crippen LogP contribution in [0.25, 0.3) is 0 Å². The molecule has 0 saturated carbocycles. The average molecular weight is 167 g/mol. The van der Waals surface area contributed by atoms with Crippen LogP contribution in [0.15, 0.2) is 6.33 Å². The number of aromatic nitrogens is 2. The molecule has 1 aromatic rings. The van der Waals surface area contributed by atoms with E-state index in [9.17, 15) is 4.79 Å². The summed E-state index contributed by atoms with van der Waals surface area (Å²) in [5, 5.41) is 2.56. The number of carbonyl (C=O) groups excluding carboxylic acids is 1. The van der Waals surface area contributed by atoms with Crippen molar-refractivity contribution in [3.63, 3.8) is 0 Å². The van der Waals surface area contributed by atoms with Crippen LogP contribution in [0.1, 0.15) is 11.4 Å². The molecule has 0 spiro atoms. The molecule has 0 fully saturated rings. The Hall–Kier alpha value is -1.32. The number of carbonyl (C=O) groups is 1. The molecule has 0 bridgehead atoms. The summed E-state index contributed by atoms with van der Waals surface area (Å²) in [7, 11) is 1.63. The fraction of sp³-hybridized carbons (Fsp3) is 0.500. The van der Waals surface area contributed by atoms with Crippen LogP contribution < -0.4 is 5.32 Å². The summed E-state index contributed by atoms with van der Waals surface area (Å²) in [6.07, 6.45) is 1.68. The molecule has 1 amide bonds. The van der Waals surface area contributed by atoms with Crippen LogP contribution in [-0.4, -0.2) is 22.5 Å². The van der Waals surface area contributed by atoms with Crippen LogP contribution in [0, 0.1) is 13.8 Å². The van der Waals surface area contributed by atoms with E-state index in [1.165, 1.54) is 0 Å². The minimum Gasteiger partial charge on any atom is -0.358 e.